The van der Waals surface area contributed by atoms with Crippen LogP contribution in [0.5, 0.6) is 0 Å². The molecule has 7 heteroatoms. The van der Waals surface area contributed by atoms with E-state index in [1.807, 2.05) is 37.3 Å². The topological polar surface area (TPSA) is 78.5 Å². The monoisotopic (exact) mass is 345 g/mol. The maximum Gasteiger partial charge on any atom is 0.243 e. The molecule has 2 N–H and O–H groups in total. The van der Waals surface area contributed by atoms with Crippen LogP contribution in [0.2, 0.25) is 0 Å². The van der Waals surface area contributed by atoms with Crippen LogP contribution >= 0.6 is 0 Å². The van der Waals surface area contributed by atoms with Crippen molar-refractivity contribution in [3.63, 3.8) is 0 Å². The summed E-state index contributed by atoms with van der Waals surface area (Å²) in [4.78, 5) is 11.7. The lowest BCUT2D eigenvalue weighted by Crippen LogP contribution is -2.33. The molecule has 0 radical (unpaired) electrons. The Labute approximate surface area is 141 Å². The van der Waals surface area contributed by atoms with Gasteiger partial charge in [-0.3, -0.25) is 15.2 Å². The zero-order chi connectivity index (χ0) is 17.2. The Kier molecular flexibility index (Phi) is 4.55. The second-order valence-corrected chi connectivity index (χ2v) is 7.56. The summed E-state index contributed by atoms with van der Waals surface area (Å²) >= 11 is 0. The van der Waals surface area contributed by atoms with Crippen LogP contribution in [0.15, 0.2) is 59.5 Å². The van der Waals surface area contributed by atoms with Gasteiger partial charge in [0.05, 0.1) is 23.0 Å². The highest BCUT2D eigenvalue weighted by Gasteiger charge is 2.26. The molecule has 0 spiro atoms. The number of amides is 1. The minimum absolute atomic E-state index is 0.0313. The van der Waals surface area contributed by atoms with Gasteiger partial charge in [0.25, 0.3) is 0 Å². The molecule has 1 atom stereocenters. The number of hydrogen-bond donors (Lipinski definition) is 2. The summed E-state index contributed by atoms with van der Waals surface area (Å²) in [5.74, 6) is -0.114. The van der Waals surface area contributed by atoms with Crippen LogP contribution < -0.4 is 15.2 Å². The van der Waals surface area contributed by atoms with Crippen molar-refractivity contribution in [2.45, 2.75) is 18.4 Å². The summed E-state index contributed by atoms with van der Waals surface area (Å²) in [5.41, 5.74) is 4.41. The quantitative estimate of drug-likeness (QED) is 0.864. The third kappa shape index (κ3) is 3.58. The van der Waals surface area contributed by atoms with E-state index in [4.69, 9.17) is 0 Å². The number of benzene rings is 2. The van der Waals surface area contributed by atoms with Gasteiger partial charge in [0.2, 0.25) is 15.9 Å². The van der Waals surface area contributed by atoms with E-state index in [2.05, 4.69) is 10.1 Å². The highest BCUT2D eigenvalue weighted by molar-refractivity contribution is 7.89. The van der Waals surface area contributed by atoms with Crippen LogP contribution in [0, 0.1) is 5.92 Å². The highest BCUT2D eigenvalue weighted by atomic mass is 32.2. The van der Waals surface area contributed by atoms with Gasteiger partial charge in [-0.2, -0.15) is 0 Å². The summed E-state index contributed by atoms with van der Waals surface area (Å²) in [5, 5.41) is 1.72. The van der Waals surface area contributed by atoms with E-state index >= 15 is 0 Å². The van der Waals surface area contributed by atoms with Crippen molar-refractivity contribution in [1.82, 2.24) is 10.1 Å². The van der Waals surface area contributed by atoms with Gasteiger partial charge in [-0.1, -0.05) is 37.3 Å². The number of sulfonamides is 1. The zero-order valence-electron chi connectivity index (χ0n) is 13.3. The van der Waals surface area contributed by atoms with Gasteiger partial charge in [-0.05, 0) is 29.8 Å². The molecule has 2 aromatic carbocycles. The minimum atomic E-state index is -3.58. The average Bonchev–Trinajstić information content (AvgIpc) is 2.93. The Hall–Kier alpha value is -2.38. The molecule has 1 amide bonds. The molecule has 126 valence electrons. The second kappa shape index (κ2) is 6.62. The van der Waals surface area contributed by atoms with Crippen molar-refractivity contribution >= 4 is 21.6 Å². The predicted octanol–water partition coefficient (Wildman–Crippen LogP) is 1.65. The Morgan fingerprint density at radius 1 is 1.12 bits per heavy atom. The second-order valence-electron chi connectivity index (χ2n) is 5.79. The fraction of sp³-hybridized carbons (Fsp3) is 0.235. The van der Waals surface area contributed by atoms with Crippen molar-refractivity contribution < 1.29 is 13.2 Å². The first-order valence-corrected chi connectivity index (χ1v) is 9.16. The molecule has 6 nitrogen and oxygen atoms in total. The Bertz CT molecular complexity index is 820. The Morgan fingerprint density at radius 2 is 1.79 bits per heavy atom. The molecule has 0 saturated carbocycles. The molecule has 1 aliphatic heterocycles. The minimum Gasteiger partial charge on any atom is -0.285 e. The summed E-state index contributed by atoms with van der Waals surface area (Å²) in [6.07, 6.45) is 0. The van der Waals surface area contributed by atoms with E-state index in [9.17, 15) is 13.2 Å². The molecule has 0 aromatic heterocycles. The fourth-order valence-electron chi connectivity index (χ4n) is 2.48. The highest BCUT2D eigenvalue weighted by Crippen LogP contribution is 2.20. The fourth-order valence-corrected chi connectivity index (χ4v) is 3.50. The van der Waals surface area contributed by atoms with E-state index < -0.39 is 10.0 Å². The van der Waals surface area contributed by atoms with E-state index in [1.54, 1.807) is 17.1 Å². The van der Waals surface area contributed by atoms with E-state index in [0.717, 1.165) is 11.3 Å². The molecule has 1 aliphatic rings. The molecule has 0 aliphatic carbocycles. The van der Waals surface area contributed by atoms with Gasteiger partial charge in [0, 0.05) is 6.54 Å². The molecular formula is C17H19N3O3S. The first-order chi connectivity index (χ1) is 11.5. The number of rotatable bonds is 5. The third-order valence-corrected chi connectivity index (χ3v) is 5.33. The molecule has 2 aromatic rings. The first-order valence-electron chi connectivity index (χ1n) is 7.67. The average molecular weight is 345 g/mol. The van der Waals surface area contributed by atoms with E-state index in [1.165, 1.54) is 12.1 Å². The number of anilines is 1. The predicted molar refractivity (Wildman–Crippen MR) is 91.6 cm³/mol. The smallest absolute Gasteiger partial charge is 0.243 e. The number of nitrogens with one attached hydrogen (secondary N) is 2. The standard InChI is InChI=1S/C17H19N3O3S/c1-13-12-20(19-17(13)21)15-7-9-16(10-8-15)24(22,23)18-11-14-5-3-2-4-6-14/h2-10,13,18H,11-12H2,1H3,(H,19,21)/t13-/m0/s1. The van der Waals surface area contributed by atoms with E-state index in [0.29, 0.717) is 6.54 Å². The first kappa shape index (κ1) is 16.5. The van der Waals surface area contributed by atoms with Crippen LogP contribution in [-0.4, -0.2) is 20.9 Å². The van der Waals surface area contributed by atoms with Crippen LogP contribution in [0.4, 0.5) is 5.69 Å². The van der Waals surface area contributed by atoms with Crippen LogP contribution in [0.25, 0.3) is 0 Å². The van der Waals surface area contributed by atoms with Crippen molar-refractivity contribution in [2.24, 2.45) is 5.92 Å². The molecule has 3 rings (SSSR count). The van der Waals surface area contributed by atoms with Crippen LogP contribution in [0.3, 0.4) is 0 Å². The largest absolute Gasteiger partial charge is 0.285 e. The SMILES string of the molecule is C[C@H]1CN(c2ccc(S(=O)(=O)NCc3ccccc3)cc2)NC1=O. The molecule has 1 heterocycles. The number of hydrogen-bond acceptors (Lipinski definition) is 4. The summed E-state index contributed by atoms with van der Waals surface area (Å²) in [6, 6.07) is 15.8. The number of carbonyl (C=O) groups excluding carboxylic acids is 1. The van der Waals surface area contributed by atoms with Crippen molar-refractivity contribution in [1.29, 1.82) is 0 Å². The lowest BCUT2D eigenvalue weighted by molar-refractivity contribution is -0.121. The van der Waals surface area contributed by atoms with Gasteiger partial charge >= 0.3 is 0 Å². The Morgan fingerprint density at radius 3 is 2.38 bits per heavy atom. The van der Waals surface area contributed by atoms with Gasteiger partial charge in [0.1, 0.15) is 0 Å². The van der Waals surface area contributed by atoms with Crippen LogP contribution in [0.1, 0.15) is 12.5 Å². The van der Waals surface area contributed by atoms with Crippen molar-refractivity contribution in [2.75, 3.05) is 11.6 Å². The lowest BCUT2D eigenvalue weighted by Gasteiger charge is -2.17. The van der Waals surface area contributed by atoms with Gasteiger partial charge in [-0.25, -0.2) is 13.1 Å². The maximum atomic E-state index is 12.3. The number of hydrazine groups is 1. The molecular weight excluding hydrogens is 326 g/mol. The van der Waals surface area contributed by atoms with Crippen molar-refractivity contribution in [3.8, 4) is 0 Å². The summed E-state index contributed by atoms with van der Waals surface area (Å²) in [6.45, 7) is 2.66. The van der Waals surface area contributed by atoms with Gasteiger partial charge in [-0.15, -0.1) is 0 Å². The molecule has 24 heavy (non-hydrogen) atoms. The van der Waals surface area contributed by atoms with Crippen LogP contribution in [-0.2, 0) is 21.4 Å². The molecule has 1 fully saturated rings. The van der Waals surface area contributed by atoms with Gasteiger partial charge < -0.3 is 0 Å². The maximum absolute atomic E-state index is 12.3. The lowest BCUT2D eigenvalue weighted by atomic mass is 10.2. The van der Waals surface area contributed by atoms with E-state index in [-0.39, 0.29) is 23.3 Å². The zero-order valence-corrected chi connectivity index (χ0v) is 14.1. The number of nitrogens with zero attached hydrogens (tertiary/aromatic N) is 1. The molecule has 1 saturated heterocycles. The third-order valence-electron chi connectivity index (χ3n) is 3.92. The summed E-state index contributed by atoms with van der Waals surface area (Å²) < 4.78 is 27.3. The van der Waals surface area contributed by atoms with Gasteiger partial charge in [0.15, 0.2) is 0 Å². The Balaban J connectivity index is 1.69. The number of carbonyl (C=O) groups is 1. The van der Waals surface area contributed by atoms with Crippen molar-refractivity contribution in [3.05, 3.63) is 60.2 Å². The molecule has 0 bridgehead atoms. The molecule has 0 unspecified atom stereocenters. The summed E-state index contributed by atoms with van der Waals surface area (Å²) in [7, 11) is -3.58. The normalized spacial score (nSPS) is 17.8.